The van der Waals surface area contributed by atoms with E-state index in [1.165, 1.54) is 11.1 Å². The van der Waals surface area contributed by atoms with E-state index in [2.05, 4.69) is 55.7 Å². The molecule has 0 fully saturated rings. The Balaban J connectivity index is 2.17. The number of hydrogen-bond donors (Lipinski definition) is 2. The second-order valence-corrected chi connectivity index (χ2v) is 4.40. The molecule has 1 atom stereocenters. The van der Waals surface area contributed by atoms with Crippen molar-refractivity contribution in [2.24, 2.45) is 0 Å². The van der Waals surface area contributed by atoms with Crippen molar-refractivity contribution in [2.45, 2.75) is 33.2 Å². The maximum absolute atomic E-state index is 3.52. The van der Waals surface area contributed by atoms with Gasteiger partial charge in [-0.25, -0.2) is 0 Å². The smallest absolute Gasteiger partial charge is 0.0164 e. The van der Waals surface area contributed by atoms with Gasteiger partial charge in [-0.3, -0.25) is 0 Å². The van der Waals surface area contributed by atoms with Crippen molar-refractivity contribution >= 4 is 0 Å². The zero-order chi connectivity index (χ0) is 11.8. The first kappa shape index (κ1) is 13.2. The van der Waals surface area contributed by atoms with E-state index in [1.54, 1.807) is 0 Å². The van der Waals surface area contributed by atoms with Gasteiger partial charge in [-0.15, -0.1) is 0 Å². The van der Waals surface area contributed by atoms with E-state index in [1.807, 2.05) is 0 Å². The molecule has 0 heterocycles. The monoisotopic (exact) mass is 220 g/mol. The molecule has 1 rings (SSSR count). The Bertz CT molecular complexity index is 279. The third-order valence-corrected chi connectivity index (χ3v) is 2.73. The van der Waals surface area contributed by atoms with Crippen molar-refractivity contribution < 1.29 is 0 Å². The number of hydrogen-bond acceptors (Lipinski definition) is 2. The van der Waals surface area contributed by atoms with Crippen LogP contribution in [0.15, 0.2) is 24.3 Å². The third-order valence-electron chi connectivity index (χ3n) is 2.73. The lowest BCUT2D eigenvalue weighted by atomic mass is 10.1. The molecule has 16 heavy (non-hydrogen) atoms. The molecule has 0 saturated heterocycles. The van der Waals surface area contributed by atoms with Crippen LogP contribution in [0, 0.1) is 6.92 Å². The average molecular weight is 220 g/mol. The highest BCUT2D eigenvalue weighted by atomic mass is 15.0. The van der Waals surface area contributed by atoms with Gasteiger partial charge in [0.15, 0.2) is 0 Å². The lowest BCUT2D eigenvalue weighted by Crippen LogP contribution is -2.37. The molecule has 0 aromatic heterocycles. The number of likely N-dealkylation sites (N-methyl/N-ethyl adjacent to an activating group) is 1. The quantitative estimate of drug-likeness (QED) is 0.735. The van der Waals surface area contributed by atoms with Gasteiger partial charge in [0.1, 0.15) is 0 Å². The highest BCUT2D eigenvalue weighted by Crippen LogP contribution is 2.03. The van der Waals surface area contributed by atoms with Crippen LogP contribution >= 0.6 is 0 Å². The first-order valence-electron chi connectivity index (χ1n) is 6.22. The summed E-state index contributed by atoms with van der Waals surface area (Å²) >= 11 is 0. The second-order valence-electron chi connectivity index (χ2n) is 4.40. The summed E-state index contributed by atoms with van der Waals surface area (Å²) in [4.78, 5) is 0. The van der Waals surface area contributed by atoms with E-state index in [9.17, 15) is 0 Å². The molecule has 0 radical (unpaired) electrons. The minimum Gasteiger partial charge on any atom is -0.315 e. The molecule has 0 amide bonds. The minimum atomic E-state index is 0.547. The van der Waals surface area contributed by atoms with Gasteiger partial charge >= 0.3 is 0 Å². The van der Waals surface area contributed by atoms with Crippen LogP contribution in [0.5, 0.6) is 0 Å². The Labute approximate surface area is 99.5 Å². The zero-order valence-corrected chi connectivity index (χ0v) is 10.7. The molecule has 0 aliphatic carbocycles. The van der Waals surface area contributed by atoms with Crippen LogP contribution in [0.3, 0.4) is 0 Å². The summed E-state index contributed by atoms with van der Waals surface area (Å²) in [5.41, 5.74) is 2.74. The Morgan fingerprint density at radius 2 is 1.88 bits per heavy atom. The molecule has 90 valence electrons. The van der Waals surface area contributed by atoms with Gasteiger partial charge < -0.3 is 10.6 Å². The van der Waals surface area contributed by atoms with E-state index < -0.39 is 0 Å². The average Bonchev–Trinajstić information content (AvgIpc) is 2.29. The molecule has 1 unspecified atom stereocenters. The van der Waals surface area contributed by atoms with Crippen LogP contribution in [0.1, 0.15) is 25.0 Å². The summed E-state index contributed by atoms with van der Waals surface area (Å²) in [6.45, 7) is 9.63. The van der Waals surface area contributed by atoms with Gasteiger partial charge in [0.25, 0.3) is 0 Å². The van der Waals surface area contributed by atoms with Crippen molar-refractivity contribution in [1.29, 1.82) is 0 Å². The van der Waals surface area contributed by atoms with E-state index in [0.29, 0.717) is 6.04 Å². The number of rotatable bonds is 7. The topological polar surface area (TPSA) is 24.1 Å². The highest BCUT2D eigenvalue weighted by Gasteiger charge is 1.99. The Hall–Kier alpha value is -0.860. The Morgan fingerprint density at radius 1 is 1.19 bits per heavy atom. The number of benzene rings is 1. The third kappa shape index (κ3) is 5.29. The summed E-state index contributed by atoms with van der Waals surface area (Å²) in [6.07, 6.45) is 1.11. The lowest BCUT2D eigenvalue weighted by molar-refractivity contribution is 0.512. The number of aryl methyl sites for hydroxylation is 1. The molecule has 0 bridgehead atoms. The van der Waals surface area contributed by atoms with Crippen LogP contribution in [-0.4, -0.2) is 25.7 Å². The molecule has 0 spiro atoms. The fourth-order valence-electron chi connectivity index (χ4n) is 1.65. The van der Waals surface area contributed by atoms with Crippen molar-refractivity contribution in [3.63, 3.8) is 0 Å². The van der Waals surface area contributed by atoms with Crippen LogP contribution in [0.2, 0.25) is 0 Å². The van der Waals surface area contributed by atoms with E-state index in [4.69, 9.17) is 0 Å². The first-order chi connectivity index (χ1) is 7.72. The summed E-state index contributed by atoms with van der Waals surface area (Å²) in [5.74, 6) is 0. The molecular formula is C14H24N2. The van der Waals surface area contributed by atoms with Crippen molar-refractivity contribution in [3.05, 3.63) is 35.4 Å². The van der Waals surface area contributed by atoms with Gasteiger partial charge in [-0.1, -0.05) is 36.8 Å². The van der Waals surface area contributed by atoms with Gasteiger partial charge in [0.2, 0.25) is 0 Å². The molecule has 0 saturated carbocycles. The molecular weight excluding hydrogens is 196 g/mol. The van der Waals surface area contributed by atoms with Crippen LogP contribution in [-0.2, 0) is 6.42 Å². The fraction of sp³-hybridized carbons (Fsp3) is 0.571. The van der Waals surface area contributed by atoms with E-state index in [-0.39, 0.29) is 0 Å². The van der Waals surface area contributed by atoms with E-state index >= 15 is 0 Å². The van der Waals surface area contributed by atoms with Crippen LogP contribution in [0.4, 0.5) is 0 Å². The summed E-state index contributed by atoms with van der Waals surface area (Å²) in [6, 6.07) is 9.33. The molecule has 0 aliphatic heterocycles. The maximum Gasteiger partial charge on any atom is 0.0164 e. The van der Waals surface area contributed by atoms with Gasteiger partial charge in [-0.05, 0) is 38.9 Å². The highest BCUT2D eigenvalue weighted by molar-refractivity contribution is 5.21. The van der Waals surface area contributed by atoms with Gasteiger partial charge in [0.05, 0.1) is 0 Å². The molecule has 0 aliphatic rings. The minimum absolute atomic E-state index is 0.547. The van der Waals surface area contributed by atoms with Gasteiger partial charge in [-0.2, -0.15) is 0 Å². The second kappa shape index (κ2) is 7.42. The normalized spacial score (nSPS) is 12.7. The van der Waals surface area contributed by atoms with Gasteiger partial charge in [0, 0.05) is 12.6 Å². The number of nitrogens with one attached hydrogen (secondary N) is 2. The van der Waals surface area contributed by atoms with Crippen molar-refractivity contribution in [3.8, 4) is 0 Å². The zero-order valence-electron chi connectivity index (χ0n) is 10.7. The van der Waals surface area contributed by atoms with Crippen LogP contribution < -0.4 is 10.6 Å². The summed E-state index contributed by atoms with van der Waals surface area (Å²) in [7, 11) is 0. The first-order valence-corrected chi connectivity index (χ1v) is 6.22. The molecule has 1 aromatic carbocycles. The van der Waals surface area contributed by atoms with Crippen molar-refractivity contribution in [2.75, 3.05) is 19.6 Å². The van der Waals surface area contributed by atoms with E-state index in [0.717, 1.165) is 26.1 Å². The SMILES string of the molecule is CCNCC(C)NCCc1ccc(C)cc1. The predicted molar refractivity (Wildman–Crippen MR) is 70.9 cm³/mol. The van der Waals surface area contributed by atoms with Crippen LogP contribution in [0.25, 0.3) is 0 Å². The molecule has 2 heteroatoms. The Morgan fingerprint density at radius 3 is 2.50 bits per heavy atom. The van der Waals surface area contributed by atoms with Crippen molar-refractivity contribution in [1.82, 2.24) is 10.6 Å². The maximum atomic E-state index is 3.52. The molecule has 1 aromatic rings. The summed E-state index contributed by atoms with van der Waals surface area (Å²) in [5, 5.41) is 6.86. The largest absolute Gasteiger partial charge is 0.315 e. The molecule has 2 N–H and O–H groups in total. The summed E-state index contributed by atoms with van der Waals surface area (Å²) < 4.78 is 0. The lowest BCUT2D eigenvalue weighted by Gasteiger charge is -2.13. The molecule has 2 nitrogen and oxygen atoms in total. The standard InChI is InChI=1S/C14H24N2/c1-4-15-11-13(3)16-10-9-14-7-5-12(2)6-8-14/h5-8,13,15-16H,4,9-11H2,1-3H3. The fourth-order valence-corrected chi connectivity index (χ4v) is 1.65. The Kier molecular flexibility index (Phi) is 6.12. The predicted octanol–water partition coefficient (Wildman–Crippen LogP) is 2.13.